The maximum Gasteiger partial charge on any atom is 0.00980 e. The van der Waals surface area contributed by atoms with Gasteiger partial charge in [-0.25, -0.2) is 0 Å². The molecule has 0 amide bonds. The molecule has 2 aliphatic rings. The standard InChI is InChI=1S/C10H19N/c1-2-5-11-10-7-8-3-4-9(10)6-8/h8-11H,2-7H2,1H3/t8-,9-,10-/m0/s1. The molecular formula is C10H19N. The summed E-state index contributed by atoms with van der Waals surface area (Å²) in [5, 5.41) is 3.66. The molecule has 2 aliphatic carbocycles. The molecule has 1 heteroatoms. The Labute approximate surface area is 69.6 Å². The smallest absolute Gasteiger partial charge is 0.00980 e. The SMILES string of the molecule is CCCN[C@H]1C[C@H]2CC[C@H]1C2. The summed E-state index contributed by atoms with van der Waals surface area (Å²) in [6.45, 7) is 3.48. The Hall–Kier alpha value is -0.0400. The molecule has 0 spiro atoms. The number of rotatable bonds is 3. The van der Waals surface area contributed by atoms with Crippen molar-refractivity contribution in [2.75, 3.05) is 6.54 Å². The van der Waals surface area contributed by atoms with Gasteiger partial charge in [0.2, 0.25) is 0 Å². The first kappa shape index (κ1) is 7.60. The van der Waals surface area contributed by atoms with Crippen LogP contribution in [0.2, 0.25) is 0 Å². The third-order valence-corrected chi connectivity index (χ3v) is 3.39. The van der Waals surface area contributed by atoms with Gasteiger partial charge < -0.3 is 5.32 Å². The molecule has 1 N–H and O–H groups in total. The third-order valence-electron chi connectivity index (χ3n) is 3.39. The lowest BCUT2D eigenvalue weighted by Gasteiger charge is -2.22. The van der Waals surface area contributed by atoms with E-state index in [9.17, 15) is 0 Å². The van der Waals surface area contributed by atoms with E-state index in [1.807, 2.05) is 0 Å². The topological polar surface area (TPSA) is 12.0 Å². The number of hydrogen-bond donors (Lipinski definition) is 1. The van der Waals surface area contributed by atoms with Gasteiger partial charge in [-0.1, -0.05) is 13.3 Å². The summed E-state index contributed by atoms with van der Waals surface area (Å²) in [6, 6.07) is 0.897. The lowest BCUT2D eigenvalue weighted by molar-refractivity contribution is 0.353. The van der Waals surface area contributed by atoms with Crippen LogP contribution in [0.3, 0.4) is 0 Å². The highest BCUT2D eigenvalue weighted by molar-refractivity contribution is 4.93. The molecule has 2 saturated carbocycles. The first-order chi connectivity index (χ1) is 5.40. The van der Waals surface area contributed by atoms with E-state index in [-0.39, 0.29) is 0 Å². The quantitative estimate of drug-likeness (QED) is 0.655. The molecule has 0 saturated heterocycles. The average Bonchev–Trinajstić information content (AvgIpc) is 2.60. The van der Waals surface area contributed by atoms with Crippen LogP contribution >= 0.6 is 0 Å². The Balaban J connectivity index is 1.78. The fraction of sp³-hybridized carbons (Fsp3) is 1.00. The molecule has 2 bridgehead atoms. The lowest BCUT2D eigenvalue weighted by atomic mass is 9.95. The predicted molar refractivity (Wildman–Crippen MR) is 47.5 cm³/mol. The van der Waals surface area contributed by atoms with Gasteiger partial charge in [0.05, 0.1) is 0 Å². The Kier molecular flexibility index (Phi) is 2.17. The van der Waals surface area contributed by atoms with Gasteiger partial charge in [-0.2, -0.15) is 0 Å². The highest BCUT2D eigenvalue weighted by Crippen LogP contribution is 2.44. The Morgan fingerprint density at radius 1 is 1.27 bits per heavy atom. The largest absolute Gasteiger partial charge is 0.314 e. The van der Waals surface area contributed by atoms with Crippen molar-refractivity contribution in [1.29, 1.82) is 0 Å². The van der Waals surface area contributed by atoms with Crippen molar-refractivity contribution in [3.63, 3.8) is 0 Å². The molecule has 3 atom stereocenters. The van der Waals surface area contributed by atoms with E-state index in [1.165, 1.54) is 38.6 Å². The van der Waals surface area contributed by atoms with Gasteiger partial charge in [-0.3, -0.25) is 0 Å². The summed E-state index contributed by atoms with van der Waals surface area (Å²) in [4.78, 5) is 0. The van der Waals surface area contributed by atoms with Crippen LogP contribution < -0.4 is 5.32 Å². The summed E-state index contributed by atoms with van der Waals surface area (Å²) in [5.74, 6) is 2.14. The molecule has 0 aromatic rings. The molecule has 0 unspecified atom stereocenters. The van der Waals surface area contributed by atoms with Gasteiger partial charge in [0.15, 0.2) is 0 Å². The van der Waals surface area contributed by atoms with E-state index in [2.05, 4.69) is 12.2 Å². The van der Waals surface area contributed by atoms with Crippen molar-refractivity contribution in [2.45, 2.75) is 45.1 Å². The minimum atomic E-state index is 0.897. The Morgan fingerprint density at radius 3 is 2.73 bits per heavy atom. The van der Waals surface area contributed by atoms with E-state index < -0.39 is 0 Å². The second-order valence-electron chi connectivity index (χ2n) is 4.24. The maximum absolute atomic E-state index is 3.66. The highest BCUT2D eigenvalue weighted by atomic mass is 14.9. The van der Waals surface area contributed by atoms with Crippen LogP contribution in [0.4, 0.5) is 0 Å². The third kappa shape index (κ3) is 1.44. The number of hydrogen-bond acceptors (Lipinski definition) is 1. The van der Waals surface area contributed by atoms with Gasteiger partial charge in [0, 0.05) is 6.04 Å². The van der Waals surface area contributed by atoms with Crippen LogP contribution in [0.15, 0.2) is 0 Å². The van der Waals surface area contributed by atoms with Gasteiger partial charge in [0.1, 0.15) is 0 Å². The molecule has 0 aromatic heterocycles. The number of fused-ring (bicyclic) bond motifs is 2. The normalized spacial score (nSPS) is 41.7. The summed E-state index contributed by atoms with van der Waals surface area (Å²) in [6.07, 6.45) is 7.32. The van der Waals surface area contributed by atoms with Crippen LogP contribution in [0.5, 0.6) is 0 Å². The second kappa shape index (κ2) is 3.14. The summed E-state index contributed by atoms with van der Waals surface area (Å²) in [5.41, 5.74) is 0. The zero-order valence-electron chi connectivity index (χ0n) is 7.47. The van der Waals surface area contributed by atoms with Crippen molar-refractivity contribution in [2.24, 2.45) is 11.8 Å². The average molecular weight is 153 g/mol. The van der Waals surface area contributed by atoms with Crippen molar-refractivity contribution in [1.82, 2.24) is 5.32 Å². The van der Waals surface area contributed by atoms with E-state index >= 15 is 0 Å². The monoisotopic (exact) mass is 153 g/mol. The lowest BCUT2D eigenvalue weighted by Crippen LogP contribution is -2.34. The predicted octanol–water partition coefficient (Wildman–Crippen LogP) is 2.17. The Morgan fingerprint density at radius 2 is 2.18 bits per heavy atom. The molecule has 64 valence electrons. The van der Waals surface area contributed by atoms with Crippen LogP contribution in [-0.2, 0) is 0 Å². The summed E-state index contributed by atoms with van der Waals surface area (Å²) in [7, 11) is 0. The summed E-state index contributed by atoms with van der Waals surface area (Å²) >= 11 is 0. The molecule has 0 aromatic carbocycles. The van der Waals surface area contributed by atoms with Gasteiger partial charge in [0.25, 0.3) is 0 Å². The minimum absolute atomic E-state index is 0.897. The Bertz CT molecular complexity index is 133. The molecule has 2 fully saturated rings. The second-order valence-corrected chi connectivity index (χ2v) is 4.24. The van der Waals surface area contributed by atoms with Crippen molar-refractivity contribution < 1.29 is 0 Å². The first-order valence-electron chi connectivity index (χ1n) is 5.13. The van der Waals surface area contributed by atoms with Gasteiger partial charge in [-0.05, 0) is 44.1 Å². The molecule has 1 nitrogen and oxygen atoms in total. The maximum atomic E-state index is 3.66. The molecule has 0 heterocycles. The van der Waals surface area contributed by atoms with E-state index in [0.717, 1.165) is 17.9 Å². The van der Waals surface area contributed by atoms with Gasteiger partial charge in [-0.15, -0.1) is 0 Å². The fourth-order valence-corrected chi connectivity index (χ4v) is 2.82. The fourth-order valence-electron chi connectivity index (χ4n) is 2.82. The number of nitrogens with one attached hydrogen (secondary N) is 1. The van der Waals surface area contributed by atoms with E-state index in [4.69, 9.17) is 0 Å². The minimum Gasteiger partial charge on any atom is -0.314 e. The van der Waals surface area contributed by atoms with E-state index in [1.54, 1.807) is 0 Å². The molecule has 11 heavy (non-hydrogen) atoms. The molecular weight excluding hydrogens is 134 g/mol. The van der Waals surface area contributed by atoms with Crippen LogP contribution in [0.1, 0.15) is 39.0 Å². The van der Waals surface area contributed by atoms with Crippen LogP contribution in [0, 0.1) is 11.8 Å². The first-order valence-corrected chi connectivity index (χ1v) is 5.13. The van der Waals surface area contributed by atoms with E-state index in [0.29, 0.717) is 0 Å². The zero-order chi connectivity index (χ0) is 7.68. The summed E-state index contributed by atoms with van der Waals surface area (Å²) < 4.78 is 0. The molecule has 2 rings (SSSR count). The van der Waals surface area contributed by atoms with Crippen molar-refractivity contribution in [3.8, 4) is 0 Å². The molecule has 0 aliphatic heterocycles. The van der Waals surface area contributed by atoms with Crippen molar-refractivity contribution >= 4 is 0 Å². The van der Waals surface area contributed by atoms with Crippen molar-refractivity contribution in [3.05, 3.63) is 0 Å². The highest BCUT2D eigenvalue weighted by Gasteiger charge is 2.38. The zero-order valence-corrected chi connectivity index (χ0v) is 7.47. The van der Waals surface area contributed by atoms with Crippen LogP contribution in [0.25, 0.3) is 0 Å². The van der Waals surface area contributed by atoms with Crippen LogP contribution in [-0.4, -0.2) is 12.6 Å². The molecule has 0 radical (unpaired) electrons. The van der Waals surface area contributed by atoms with Gasteiger partial charge >= 0.3 is 0 Å².